The van der Waals surface area contributed by atoms with E-state index < -0.39 is 11.2 Å². The number of H-pyrrole nitrogens is 3. The number of anilines is 1. The molecule has 0 saturated heterocycles. The lowest BCUT2D eigenvalue weighted by atomic mass is 10.2. The quantitative estimate of drug-likeness (QED) is 0.452. The zero-order valence-electron chi connectivity index (χ0n) is 11.7. The smallest absolute Gasteiger partial charge is 0.327 e. The van der Waals surface area contributed by atoms with E-state index in [2.05, 4.69) is 30.2 Å². The van der Waals surface area contributed by atoms with Crippen LogP contribution in [0.5, 0.6) is 0 Å². The number of aromatic amines is 3. The third-order valence-electron chi connectivity index (χ3n) is 3.09. The van der Waals surface area contributed by atoms with Crippen molar-refractivity contribution in [1.82, 2.24) is 24.9 Å². The number of pyridine rings is 1. The first-order chi connectivity index (χ1) is 10.6. The number of aliphatic hydroxyl groups is 1. The zero-order valence-corrected chi connectivity index (χ0v) is 11.7. The molecule has 0 aliphatic carbocycles. The van der Waals surface area contributed by atoms with Crippen molar-refractivity contribution >= 4 is 17.0 Å². The lowest BCUT2D eigenvalue weighted by molar-refractivity contribution is 0.281. The Balaban J connectivity index is 1.96. The first-order valence-electron chi connectivity index (χ1n) is 6.63. The molecule has 0 aliphatic heterocycles. The van der Waals surface area contributed by atoms with Crippen LogP contribution in [-0.4, -0.2) is 42.7 Å². The molecule has 1 atom stereocenters. The van der Waals surface area contributed by atoms with Gasteiger partial charge >= 0.3 is 5.69 Å². The molecule has 3 rings (SSSR count). The highest BCUT2D eigenvalue weighted by Gasteiger charge is 2.10. The van der Waals surface area contributed by atoms with Crippen LogP contribution in [0.4, 0.5) is 5.82 Å². The molecule has 9 heteroatoms. The molecule has 114 valence electrons. The maximum atomic E-state index is 11.7. The molecular formula is C13H14N6O3. The Hall–Kier alpha value is -2.94. The predicted molar refractivity (Wildman–Crippen MR) is 80.7 cm³/mol. The molecule has 3 aromatic heterocycles. The van der Waals surface area contributed by atoms with Crippen molar-refractivity contribution in [3.05, 3.63) is 39.2 Å². The van der Waals surface area contributed by atoms with Gasteiger partial charge in [-0.05, 0) is 19.1 Å². The second kappa shape index (κ2) is 5.45. The van der Waals surface area contributed by atoms with Crippen molar-refractivity contribution in [2.45, 2.75) is 13.0 Å². The molecule has 3 heterocycles. The van der Waals surface area contributed by atoms with E-state index >= 15 is 0 Å². The lowest BCUT2D eigenvalue weighted by Crippen LogP contribution is -2.21. The maximum Gasteiger partial charge on any atom is 0.327 e. The molecule has 0 aliphatic rings. The van der Waals surface area contributed by atoms with Crippen LogP contribution in [0.3, 0.4) is 0 Å². The Morgan fingerprint density at radius 2 is 2.09 bits per heavy atom. The normalized spacial score (nSPS) is 12.5. The molecule has 1 unspecified atom stereocenters. The summed E-state index contributed by atoms with van der Waals surface area (Å²) in [5.41, 5.74) is -0.0732. The van der Waals surface area contributed by atoms with Crippen LogP contribution in [0, 0.1) is 0 Å². The van der Waals surface area contributed by atoms with Gasteiger partial charge in [0.25, 0.3) is 5.56 Å². The fraction of sp³-hybridized carbons (Fsp3) is 0.231. The van der Waals surface area contributed by atoms with Crippen LogP contribution < -0.4 is 16.6 Å². The topological polar surface area (TPSA) is 140 Å². The molecule has 5 N–H and O–H groups in total. The molecule has 0 bridgehead atoms. The molecule has 0 fully saturated rings. The highest BCUT2D eigenvalue weighted by atomic mass is 16.3. The molecule has 0 saturated carbocycles. The standard InChI is InChI=1S/C13H14N6O3/c1-6(5-20)15-8-3-2-7(4-14-8)10-16-9-11(17-10)18-13(22)19-12(9)21/h2-4,6,20H,5H2,1H3,(H,14,15)(H3,16,17,18,19,21,22). The first kappa shape index (κ1) is 14.0. The zero-order chi connectivity index (χ0) is 15.7. The van der Waals surface area contributed by atoms with Gasteiger partial charge in [-0.25, -0.2) is 14.8 Å². The molecule has 0 spiro atoms. The summed E-state index contributed by atoms with van der Waals surface area (Å²) in [4.78, 5) is 38.7. The van der Waals surface area contributed by atoms with Gasteiger partial charge in [-0.1, -0.05) is 0 Å². The van der Waals surface area contributed by atoms with Gasteiger partial charge < -0.3 is 15.4 Å². The summed E-state index contributed by atoms with van der Waals surface area (Å²) in [5.74, 6) is 1.05. The average molecular weight is 302 g/mol. The molecular weight excluding hydrogens is 288 g/mol. The highest BCUT2D eigenvalue weighted by molar-refractivity contribution is 5.74. The minimum Gasteiger partial charge on any atom is -0.394 e. The summed E-state index contributed by atoms with van der Waals surface area (Å²) in [6, 6.07) is 3.40. The number of aliphatic hydroxyl groups excluding tert-OH is 1. The van der Waals surface area contributed by atoms with Gasteiger partial charge in [0, 0.05) is 17.8 Å². The predicted octanol–water partition coefficient (Wildman–Crippen LogP) is -0.206. The van der Waals surface area contributed by atoms with Gasteiger partial charge in [0.2, 0.25) is 0 Å². The molecule has 0 aromatic carbocycles. The Bertz CT molecular complexity index is 908. The minimum atomic E-state index is -0.605. The Morgan fingerprint density at radius 3 is 2.77 bits per heavy atom. The van der Waals surface area contributed by atoms with Crippen molar-refractivity contribution in [3.63, 3.8) is 0 Å². The van der Waals surface area contributed by atoms with Crippen LogP contribution in [0.25, 0.3) is 22.6 Å². The van der Waals surface area contributed by atoms with Crippen LogP contribution >= 0.6 is 0 Å². The number of nitrogens with zero attached hydrogens (tertiary/aromatic N) is 2. The Labute approximate surface area is 123 Å². The summed E-state index contributed by atoms with van der Waals surface area (Å²) in [6.45, 7) is 1.83. The van der Waals surface area contributed by atoms with Crippen molar-refractivity contribution in [2.24, 2.45) is 0 Å². The third-order valence-corrected chi connectivity index (χ3v) is 3.09. The molecule has 0 amide bonds. The van der Waals surface area contributed by atoms with Crippen LogP contribution in [-0.2, 0) is 0 Å². The summed E-state index contributed by atoms with van der Waals surface area (Å²) in [6.07, 6.45) is 1.58. The number of hydrogen-bond acceptors (Lipinski definition) is 6. The number of rotatable bonds is 4. The summed E-state index contributed by atoms with van der Waals surface area (Å²) >= 11 is 0. The van der Waals surface area contributed by atoms with Gasteiger partial charge in [0.1, 0.15) is 17.2 Å². The van der Waals surface area contributed by atoms with Crippen molar-refractivity contribution in [1.29, 1.82) is 0 Å². The second-order valence-corrected chi connectivity index (χ2v) is 4.88. The third kappa shape index (κ3) is 2.61. The first-order valence-corrected chi connectivity index (χ1v) is 6.63. The fourth-order valence-corrected chi connectivity index (χ4v) is 1.99. The molecule has 0 radical (unpaired) electrons. The van der Waals surface area contributed by atoms with E-state index in [-0.39, 0.29) is 23.8 Å². The number of hydrogen-bond donors (Lipinski definition) is 5. The minimum absolute atomic E-state index is 0.00312. The van der Waals surface area contributed by atoms with Crippen molar-refractivity contribution < 1.29 is 5.11 Å². The largest absolute Gasteiger partial charge is 0.394 e. The van der Waals surface area contributed by atoms with E-state index in [0.29, 0.717) is 17.2 Å². The van der Waals surface area contributed by atoms with E-state index in [1.54, 1.807) is 18.3 Å². The number of aromatic nitrogens is 5. The Morgan fingerprint density at radius 1 is 1.27 bits per heavy atom. The molecule has 3 aromatic rings. The van der Waals surface area contributed by atoms with Gasteiger partial charge in [-0.2, -0.15) is 0 Å². The number of nitrogens with one attached hydrogen (secondary N) is 4. The van der Waals surface area contributed by atoms with E-state index in [1.165, 1.54) is 0 Å². The van der Waals surface area contributed by atoms with E-state index in [1.807, 2.05) is 6.92 Å². The average Bonchev–Trinajstić information content (AvgIpc) is 2.92. The molecule has 9 nitrogen and oxygen atoms in total. The highest BCUT2D eigenvalue weighted by Crippen LogP contribution is 2.18. The van der Waals surface area contributed by atoms with E-state index in [0.717, 1.165) is 0 Å². The van der Waals surface area contributed by atoms with Gasteiger partial charge in [-0.3, -0.25) is 14.8 Å². The van der Waals surface area contributed by atoms with Crippen LogP contribution in [0.1, 0.15) is 6.92 Å². The summed E-state index contributed by atoms with van der Waals surface area (Å²) in [5, 5.41) is 12.0. The van der Waals surface area contributed by atoms with Gasteiger partial charge in [-0.15, -0.1) is 0 Å². The number of imidazole rings is 1. The van der Waals surface area contributed by atoms with Crippen LogP contribution in [0.2, 0.25) is 0 Å². The monoisotopic (exact) mass is 302 g/mol. The van der Waals surface area contributed by atoms with E-state index in [4.69, 9.17) is 5.11 Å². The van der Waals surface area contributed by atoms with Crippen molar-refractivity contribution in [2.75, 3.05) is 11.9 Å². The maximum absolute atomic E-state index is 11.7. The Kier molecular flexibility index (Phi) is 3.47. The molecule has 22 heavy (non-hydrogen) atoms. The SMILES string of the molecule is CC(CO)Nc1ccc(-c2nc3[nH]c(=O)[nH]c(=O)c3[nH]2)cn1. The number of fused-ring (bicyclic) bond motifs is 1. The second-order valence-electron chi connectivity index (χ2n) is 4.88. The van der Waals surface area contributed by atoms with Gasteiger partial charge in [0.15, 0.2) is 5.65 Å². The summed E-state index contributed by atoms with van der Waals surface area (Å²) in [7, 11) is 0. The van der Waals surface area contributed by atoms with Gasteiger partial charge in [0.05, 0.1) is 6.61 Å². The summed E-state index contributed by atoms with van der Waals surface area (Å²) < 4.78 is 0. The van der Waals surface area contributed by atoms with Crippen molar-refractivity contribution in [3.8, 4) is 11.4 Å². The van der Waals surface area contributed by atoms with Crippen LogP contribution in [0.15, 0.2) is 27.9 Å². The fourth-order valence-electron chi connectivity index (χ4n) is 1.99. The lowest BCUT2D eigenvalue weighted by Gasteiger charge is -2.11. The van der Waals surface area contributed by atoms with E-state index in [9.17, 15) is 9.59 Å².